The predicted molar refractivity (Wildman–Crippen MR) is 136 cm³/mol. The van der Waals surface area contributed by atoms with Crippen LogP contribution in [0.3, 0.4) is 0 Å². The van der Waals surface area contributed by atoms with Gasteiger partial charge in [0.25, 0.3) is 10.0 Å². The largest absolute Gasteiger partial charge is 0.352 e. The quantitative estimate of drug-likeness (QED) is 0.411. The van der Waals surface area contributed by atoms with Crippen molar-refractivity contribution in [3.8, 4) is 0 Å². The second-order valence-corrected chi connectivity index (χ2v) is 9.88. The summed E-state index contributed by atoms with van der Waals surface area (Å²) in [5.41, 5.74) is 3.74. The van der Waals surface area contributed by atoms with E-state index in [1.807, 2.05) is 55.5 Å². The molecule has 0 heterocycles. The molecule has 1 N–H and O–H groups in total. The molecule has 168 valence electrons. The van der Waals surface area contributed by atoms with E-state index in [1.165, 1.54) is 6.08 Å². The Kier molecular flexibility index (Phi) is 5.38. The fourth-order valence-corrected chi connectivity index (χ4v) is 5.46. The molecule has 4 aromatic rings. The Hall–Kier alpha value is -4.03. The lowest BCUT2D eigenvalue weighted by molar-refractivity contribution is 0.103. The van der Waals surface area contributed by atoms with E-state index in [1.54, 1.807) is 43.3 Å². The molecule has 0 aliphatic heterocycles. The summed E-state index contributed by atoms with van der Waals surface area (Å²) < 4.78 is 30.7. The van der Waals surface area contributed by atoms with Crippen molar-refractivity contribution in [2.45, 2.75) is 18.7 Å². The Morgan fingerprint density at radius 1 is 0.794 bits per heavy atom. The molecule has 5 rings (SSSR count). The summed E-state index contributed by atoms with van der Waals surface area (Å²) in [5.74, 6) is -0.216. The fourth-order valence-electron chi connectivity index (χ4n) is 4.24. The van der Waals surface area contributed by atoms with E-state index in [2.05, 4.69) is 9.71 Å². The Morgan fingerprint density at radius 3 is 2.29 bits per heavy atom. The van der Waals surface area contributed by atoms with Crippen LogP contribution in [0.1, 0.15) is 27.0 Å². The van der Waals surface area contributed by atoms with Gasteiger partial charge in [0.15, 0.2) is 0 Å². The second-order valence-electron chi connectivity index (χ2n) is 8.30. The molecule has 0 unspecified atom stereocenters. The average Bonchev–Trinajstić information content (AvgIpc) is 2.82. The number of rotatable bonds is 4. The first kappa shape index (κ1) is 21.8. The number of nitrogens with one attached hydrogen (secondary N) is 1. The van der Waals surface area contributed by atoms with E-state index >= 15 is 0 Å². The average molecular weight is 467 g/mol. The molecule has 0 spiro atoms. The molecule has 0 radical (unpaired) electrons. The lowest BCUT2D eigenvalue weighted by atomic mass is 9.92. The smallest absolute Gasteiger partial charge is 0.283 e. The first-order chi connectivity index (χ1) is 16.3. The van der Waals surface area contributed by atoms with Crippen LogP contribution in [0.4, 0.5) is 5.69 Å². The molecule has 0 atom stereocenters. The van der Waals surface area contributed by atoms with Gasteiger partial charge in [-0.1, -0.05) is 78.4 Å². The summed E-state index contributed by atoms with van der Waals surface area (Å²) in [6.45, 7) is 3.66. The van der Waals surface area contributed by atoms with Crippen molar-refractivity contribution in [1.82, 2.24) is 0 Å². The van der Waals surface area contributed by atoms with Crippen LogP contribution in [-0.2, 0) is 10.0 Å². The van der Waals surface area contributed by atoms with Gasteiger partial charge in [-0.2, -0.15) is 12.8 Å². The van der Waals surface area contributed by atoms with Crippen LogP contribution in [-0.4, -0.2) is 19.9 Å². The number of ketones is 1. The van der Waals surface area contributed by atoms with Gasteiger partial charge in [0, 0.05) is 22.2 Å². The van der Waals surface area contributed by atoms with Gasteiger partial charge in [0.1, 0.15) is 0 Å². The monoisotopic (exact) mass is 466 g/mol. The van der Waals surface area contributed by atoms with Gasteiger partial charge in [0.2, 0.25) is 5.78 Å². The third-order valence-corrected chi connectivity index (χ3v) is 7.31. The van der Waals surface area contributed by atoms with Crippen LogP contribution in [0.25, 0.3) is 10.8 Å². The maximum atomic E-state index is 13.3. The maximum absolute atomic E-state index is 13.3. The van der Waals surface area contributed by atoms with Gasteiger partial charge in [0.05, 0.1) is 16.3 Å². The number of carbonyl (C=O) groups excluding carboxylic acids is 1. The number of hydrogen-bond donors (Lipinski definition) is 1. The van der Waals surface area contributed by atoms with Crippen molar-refractivity contribution >= 4 is 38.0 Å². The lowest BCUT2D eigenvalue weighted by Crippen LogP contribution is -2.22. The third-order valence-electron chi connectivity index (χ3n) is 5.86. The Labute approximate surface area is 198 Å². The number of hydrogen-bond acceptors (Lipinski definition) is 4. The maximum Gasteiger partial charge on any atom is 0.283 e. The van der Waals surface area contributed by atoms with Crippen LogP contribution in [0.5, 0.6) is 0 Å². The molecule has 1 aliphatic rings. The summed E-state index contributed by atoms with van der Waals surface area (Å²) in [6.07, 6.45) is 1.52. The van der Waals surface area contributed by atoms with Gasteiger partial charge in [-0.3, -0.25) is 4.79 Å². The van der Waals surface area contributed by atoms with E-state index in [-0.39, 0.29) is 22.1 Å². The number of sulfonamides is 1. The summed E-state index contributed by atoms with van der Waals surface area (Å²) >= 11 is 0. The van der Waals surface area contributed by atoms with E-state index < -0.39 is 10.0 Å². The number of Topliss-reactive ketones (excluding diaryl/α,β-unsaturated/α-hetero) is 1. The SMILES string of the molecule is Cc1ccc(S(=O)(=O)/N=C2/C=C(Nc3cccc4ccccc34)C(=O)c3ccccc32)c(C)c1. The zero-order valence-corrected chi connectivity index (χ0v) is 19.6. The van der Waals surface area contributed by atoms with Crippen molar-refractivity contribution in [2.24, 2.45) is 4.40 Å². The van der Waals surface area contributed by atoms with Crippen molar-refractivity contribution in [1.29, 1.82) is 0 Å². The van der Waals surface area contributed by atoms with Crippen molar-refractivity contribution in [3.05, 3.63) is 119 Å². The Morgan fingerprint density at radius 2 is 1.50 bits per heavy atom. The van der Waals surface area contributed by atoms with Gasteiger partial charge >= 0.3 is 0 Å². The highest BCUT2D eigenvalue weighted by molar-refractivity contribution is 7.90. The standard InChI is InChI=1S/C28H22N2O3S/c1-18-14-15-27(19(2)16-18)34(32,33)30-25-17-26(28(31)23-12-6-5-11-22(23)25)29-24-13-7-9-20-8-3-4-10-21(20)24/h3-17,29H,1-2H3/b30-25-. The van der Waals surface area contributed by atoms with Crippen LogP contribution in [0.15, 0.2) is 106 Å². The number of fused-ring (bicyclic) bond motifs is 2. The van der Waals surface area contributed by atoms with E-state index in [0.717, 1.165) is 22.0 Å². The summed E-state index contributed by atoms with van der Waals surface area (Å²) in [5, 5.41) is 5.21. The molecule has 0 bridgehead atoms. The van der Waals surface area contributed by atoms with Gasteiger partial charge in [-0.25, -0.2) is 0 Å². The Bertz CT molecular complexity index is 1630. The molecule has 5 nitrogen and oxygen atoms in total. The molecule has 0 amide bonds. The van der Waals surface area contributed by atoms with E-state index in [9.17, 15) is 13.2 Å². The minimum absolute atomic E-state index is 0.150. The van der Waals surface area contributed by atoms with Crippen molar-refractivity contribution in [2.75, 3.05) is 5.32 Å². The number of nitrogens with zero attached hydrogens (tertiary/aromatic N) is 1. The molecule has 6 heteroatoms. The second kappa shape index (κ2) is 8.39. The highest BCUT2D eigenvalue weighted by atomic mass is 32.2. The number of anilines is 1. The molecule has 0 saturated carbocycles. The third kappa shape index (κ3) is 3.93. The molecule has 1 aliphatic carbocycles. The minimum atomic E-state index is -3.99. The number of benzene rings is 4. The van der Waals surface area contributed by atoms with Gasteiger partial charge < -0.3 is 5.32 Å². The van der Waals surface area contributed by atoms with Crippen molar-refractivity contribution < 1.29 is 13.2 Å². The Balaban J connectivity index is 1.64. The van der Waals surface area contributed by atoms with Gasteiger partial charge in [-0.15, -0.1) is 0 Å². The predicted octanol–water partition coefficient (Wildman–Crippen LogP) is 5.83. The van der Waals surface area contributed by atoms with Gasteiger partial charge in [-0.05, 0) is 43.0 Å². The number of aryl methyl sites for hydroxylation is 2. The number of allylic oxidation sites excluding steroid dienone is 2. The summed E-state index contributed by atoms with van der Waals surface area (Å²) in [6, 6.07) is 25.7. The molecular weight excluding hydrogens is 444 g/mol. The first-order valence-electron chi connectivity index (χ1n) is 10.9. The topological polar surface area (TPSA) is 75.6 Å². The van der Waals surface area contributed by atoms with Crippen LogP contribution in [0, 0.1) is 13.8 Å². The van der Waals surface area contributed by atoms with E-state index in [0.29, 0.717) is 16.7 Å². The van der Waals surface area contributed by atoms with Crippen LogP contribution in [0.2, 0.25) is 0 Å². The van der Waals surface area contributed by atoms with E-state index in [4.69, 9.17) is 0 Å². The fraction of sp³-hybridized carbons (Fsp3) is 0.0714. The minimum Gasteiger partial charge on any atom is -0.352 e. The molecule has 0 fully saturated rings. The molecular formula is C28H22N2O3S. The molecule has 0 aromatic heterocycles. The lowest BCUT2D eigenvalue weighted by Gasteiger charge is -2.19. The highest BCUT2D eigenvalue weighted by Crippen LogP contribution is 2.29. The first-order valence-corrected chi connectivity index (χ1v) is 12.3. The number of carbonyl (C=O) groups is 1. The molecule has 34 heavy (non-hydrogen) atoms. The van der Waals surface area contributed by atoms with Crippen LogP contribution >= 0.6 is 0 Å². The molecule has 0 saturated heterocycles. The van der Waals surface area contributed by atoms with Crippen molar-refractivity contribution in [3.63, 3.8) is 0 Å². The highest BCUT2D eigenvalue weighted by Gasteiger charge is 2.27. The normalized spacial score (nSPS) is 14.7. The van der Waals surface area contributed by atoms with Crippen LogP contribution < -0.4 is 5.32 Å². The zero-order valence-electron chi connectivity index (χ0n) is 18.7. The summed E-state index contributed by atoms with van der Waals surface area (Å²) in [7, 11) is -3.99. The molecule has 4 aromatic carbocycles. The zero-order chi connectivity index (χ0) is 23.9. The summed E-state index contributed by atoms with van der Waals surface area (Å²) in [4.78, 5) is 13.4.